The number of aromatic hydroxyl groups is 1. The topological polar surface area (TPSA) is 23.5 Å². The minimum atomic E-state index is -0.556. The molecule has 6 heteroatoms. The van der Waals surface area contributed by atoms with Crippen molar-refractivity contribution in [1.29, 1.82) is 0 Å². The third kappa shape index (κ3) is 8.21. The predicted octanol–water partition coefficient (Wildman–Crippen LogP) is 8.33. The molecule has 0 heterocycles. The average molecular weight is 592 g/mol. The molecular weight excluding hydrogens is 564 g/mol. The van der Waals surface area contributed by atoms with E-state index in [0.717, 1.165) is 29.6 Å². The second-order valence-corrected chi connectivity index (χ2v) is 12.5. The Balaban J connectivity index is 0.00000107. The molecule has 0 aliphatic rings. The van der Waals surface area contributed by atoms with Crippen molar-refractivity contribution >= 4 is 49.2 Å². The van der Waals surface area contributed by atoms with Crippen LogP contribution in [0, 0.1) is 0 Å². The molecule has 0 aromatic heterocycles. The van der Waals surface area contributed by atoms with Crippen molar-refractivity contribution in [2.45, 2.75) is 13.0 Å². The molecule has 1 unspecified atom stereocenters. The van der Waals surface area contributed by atoms with E-state index in [9.17, 15) is 5.11 Å². The number of para-hydroxylation sites is 2. The quantitative estimate of drug-likeness (QED) is 0.145. The van der Waals surface area contributed by atoms with Gasteiger partial charge in [0.25, 0.3) is 0 Å². The molecule has 5 aromatic carbocycles. The Kier molecular flexibility index (Phi) is 11.3. The Morgan fingerprint density at radius 2 is 1.13 bits per heavy atom. The number of phenols is 1. The molecule has 0 saturated heterocycles. The van der Waals surface area contributed by atoms with E-state index in [1.807, 2.05) is 30.3 Å². The predicted molar refractivity (Wildman–Crippen MR) is 162 cm³/mol. The monoisotopic (exact) mass is 591 g/mol. The van der Waals surface area contributed by atoms with Gasteiger partial charge < -0.3 is 10.0 Å². The maximum atomic E-state index is 10.7. The summed E-state index contributed by atoms with van der Waals surface area (Å²) < 4.78 is 0. The number of halogens is 2. The summed E-state index contributed by atoms with van der Waals surface area (Å²) in [6, 6.07) is 46.1. The van der Waals surface area contributed by atoms with Crippen molar-refractivity contribution in [3.63, 3.8) is 0 Å². The molecular formula is C32H28Cl2NOPTi. The Labute approximate surface area is 243 Å². The van der Waals surface area contributed by atoms with Gasteiger partial charge in [-0.05, 0) is 64.8 Å². The summed E-state index contributed by atoms with van der Waals surface area (Å²) in [5.41, 5.74) is 6.05. The van der Waals surface area contributed by atoms with E-state index in [2.05, 4.69) is 108 Å². The zero-order chi connectivity index (χ0) is 26.6. The van der Waals surface area contributed by atoms with Gasteiger partial charge >= 0.3 is 35.6 Å². The van der Waals surface area contributed by atoms with E-state index in [0.29, 0.717) is 14.3 Å². The van der Waals surface area contributed by atoms with E-state index >= 15 is 0 Å². The summed E-state index contributed by atoms with van der Waals surface area (Å²) in [5, 5.41) is 12.9. The van der Waals surface area contributed by atoms with Crippen molar-refractivity contribution in [3.05, 3.63) is 150 Å². The standard InChI is InChI=1S/C32H28NOP.2ClH.Ti/c34-30-21-20-26(22-25-12-4-1-5-13-25)23-32(30)35-31-19-11-10-14-27(31)24-33(28-15-6-2-7-16-28)29-17-8-3-9-18-29;;;/h1-21,23,34-35H,22,24H2;2*1H;/q;;;+2/p-2. The Morgan fingerprint density at radius 3 is 1.74 bits per heavy atom. The SMILES string of the molecule is Oc1ccc(Cc2ccccc2)cc1Pc1ccccc1CN(c1ccccc1)c1ccccc1.[Cl][Ti][Cl]. The Hall–Kier alpha value is -2.58. The number of hydrogen-bond donors (Lipinski definition) is 1. The summed E-state index contributed by atoms with van der Waals surface area (Å²) in [4.78, 5) is 2.34. The third-order valence-electron chi connectivity index (χ3n) is 6.06. The van der Waals surface area contributed by atoms with E-state index < -0.39 is 17.0 Å². The molecule has 0 fully saturated rings. The number of anilines is 2. The molecule has 0 spiro atoms. The van der Waals surface area contributed by atoms with Crippen LogP contribution in [0.25, 0.3) is 0 Å². The van der Waals surface area contributed by atoms with Crippen LogP contribution in [0.2, 0.25) is 0 Å². The number of rotatable bonds is 8. The van der Waals surface area contributed by atoms with Gasteiger partial charge in [0, 0.05) is 23.2 Å². The molecule has 0 aliphatic carbocycles. The fourth-order valence-electron chi connectivity index (χ4n) is 4.27. The molecule has 2 nitrogen and oxygen atoms in total. The number of nitrogens with zero attached hydrogens (tertiary/aromatic N) is 1. The molecule has 0 aliphatic heterocycles. The number of hydrogen-bond acceptors (Lipinski definition) is 2. The molecule has 5 rings (SSSR count). The van der Waals surface area contributed by atoms with Gasteiger partial charge in [0.2, 0.25) is 0 Å². The van der Waals surface area contributed by atoms with Crippen molar-refractivity contribution in [2.75, 3.05) is 4.90 Å². The van der Waals surface area contributed by atoms with Crippen LogP contribution in [0.4, 0.5) is 11.4 Å². The van der Waals surface area contributed by atoms with Gasteiger partial charge in [0.05, 0.1) is 0 Å². The number of benzene rings is 5. The maximum absolute atomic E-state index is 10.7. The molecule has 1 atom stereocenters. The van der Waals surface area contributed by atoms with Gasteiger partial charge in [-0.3, -0.25) is 0 Å². The molecule has 0 radical (unpaired) electrons. The fourth-order valence-corrected chi connectivity index (χ4v) is 5.53. The fraction of sp³-hybridized carbons (Fsp3) is 0.0625. The van der Waals surface area contributed by atoms with Gasteiger partial charge in [-0.2, -0.15) is 0 Å². The average Bonchev–Trinajstić information content (AvgIpc) is 2.96. The van der Waals surface area contributed by atoms with Crippen molar-refractivity contribution < 1.29 is 22.1 Å². The van der Waals surface area contributed by atoms with Crippen LogP contribution >= 0.6 is 27.2 Å². The Morgan fingerprint density at radius 1 is 0.605 bits per heavy atom. The van der Waals surface area contributed by atoms with Crippen LogP contribution in [-0.2, 0) is 30.0 Å². The Bertz CT molecular complexity index is 1370. The van der Waals surface area contributed by atoms with Gasteiger partial charge in [0.1, 0.15) is 5.75 Å². The third-order valence-corrected chi connectivity index (χ3v) is 7.49. The van der Waals surface area contributed by atoms with Crippen LogP contribution in [-0.4, -0.2) is 5.11 Å². The van der Waals surface area contributed by atoms with E-state index in [1.165, 1.54) is 22.0 Å². The zero-order valence-electron chi connectivity index (χ0n) is 20.8. The summed E-state index contributed by atoms with van der Waals surface area (Å²) in [6.45, 7) is 0.752. The summed E-state index contributed by atoms with van der Waals surface area (Å²) in [5.74, 6) is 0.359. The number of phenolic OH excluding ortho intramolecular Hbond substituents is 1. The molecule has 1 N–H and O–H groups in total. The first kappa shape index (κ1) is 28.4. The summed E-state index contributed by atoms with van der Waals surface area (Å²) in [6.07, 6.45) is 0.857. The second-order valence-electron chi connectivity index (χ2n) is 8.62. The first-order chi connectivity index (χ1) is 18.7. The van der Waals surface area contributed by atoms with Gasteiger partial charge in [-0.25, -0.2) is 0 Å². The molecule has 0 amide bonds. The van der Waals surface area contributed by atoms with Crippen LogP contribution in [0.15, 0.2) is 133 Å². The molecule has 0 bridgehead atoms. The summed E-state index contributed by atoms with van der Waals surface area (Å²) in [7, 11) is 10.1. The van der Waals surface area contributed by atoms with Crippen LogP contribution < -0.4 is 15.5 Å². The van der Waals surface area contributed by atoms with E-state index in [4.69, 9.17) is 18.6 Å². The first-order valence-corrected chi connectivity index (χ1v) is 17.5. The minimum absolute atomic E-state index is 0.359. The molecule has 190 valence electrons. The van der Waals surface area contributed by atoms with Crippen LogP contribution in [0.3, 0.4) is 0 Å². The van der Waals surface area contributed by atoms with Crippen LogP contribution in [0.1, 0.15) is 16.7 Å². The van der Waals surface area contributed by atoms with Gasteiger partial charge in [0.15, 0.2) is 0 Å². The van der Waals surface area contributed by atoms with Crippen molar-refractivity contribution in [3.8, 4) is 5.75 Å². The molecule has 38 heavy (non-hydrogen) atoms. The first-order valence-electron chi connectivity index (χ1n) is 12.2. The van der Waals surface area contributed by atoms with Gasteiger partial charge in [-0.15, -0.1) is 0 Å². The summed E-state index contributed by atoms with van der Waals surface area (Å²) >= 11 is -0.556. The van der Waals surface area contributed by atoms with E-state index in [-0.39, 0.29) is 0 Å². The van der Waals surface area contributed by atoms with Crippen LogP contribution in [0.5, 0.6) is 5.75 Å². The van der Waals surface area contributed by atoms with Gasteiger partial charge in [-0.1, -0.05) is 106 Å². The second kappa shape index (κ2) is 15.1. The molecule has 5 aromatic rings. The zero-order valence-corrected chi connectivity index (χ0v) is 24.8. The van der Waals surface area contributed by atoms with Crippen molar-refractivity contribution in [1.82, 2.24) is 0 Å². The van der Waals surface area contributed by atoms with Crippen molar-refractivity contribution in [2.24, 2.45) is 0 Å². The molecule has 0 saturated carbocycles. The van der Waals surface area contributed by atoms with E-state index in [1.54, 1.807) is 0 Å². The normalized spacial score (nSPS) is 10.6.